The number of hydrogen-bond donors (Lipinski definition) is 0. The summed E-state index contributed by atoms with van der Waals surface area (Å²) in [5.41, 5.74) is 0. The summed E-state index contributed by atoms with van der Waals surface area (Å²) in [6.45, 7) is 33.8. The van der Waals surface area contributed by atoms with E-state index in [1.54, 1.807) is 6.08 Å². The SMILES string of the molecule is C=CC.CC.CC.CC.CC.CC.CCC.CCC.c1ccccc1. The van der Waals surface area contributed by atoms with E-state index < -0.39 is 0 Å². The van der Waals surface area contributed by atoms with E-state index in [9.17, 15) is 0 Å². The highest BCUT2D eigenvalue weighted by Gasteiger charge is 1.57. The molecular weight excluding hydrogens is 300 g/mol. The lowest BCUT2D eigenvalue weighted by atomic mass is 10.4. The number of rotatable bonds is 0. The maximum Gasteiger partial charge on any atom is -0.0473 e. The lowest BCUT2D eigenvalue weighted by molar-refractivity contribution is 1.09. The molecule has 0 spiro atoms. The van der Waals surface area contributed by atoms with E-state index in [1.165, 1.54) is 12.8 Å². The van der Waals surface area contributed by atoms with Gasteiger partial charge in [0, 0.05) is 0 Å². The zero-order valence-electron chi connectivity index (χ0n) is 21.2. The third-order valence-electron chi connectivity index (χ3n) is 0.667. The zero-order valence-corrected chi connectivity index (χ0v) is 21.2. The van der Waals surface area contributed by atoms with Crippen LogP contribution in [0.25, 0.3) is 0 Å². The van der Waals surface area contributed by atoms with Gasteiger partial charge in [0.1, 0.15) is 0 Å². The molecule has 0 N–H and O–H groups in total. The molecular formula is C25H58. The summed E-state index contributed by atoms with van der Waals surface area (Å²) in [5, 5.41) is 0. The summed E-state index contributed by atoms with van der Waals surface area (Å²) in [5.74, 6) is 0. The summed E-state index contributed by atoms with van der Waals surface area (Å²) in [6, 6.07) is 12.0. The van der Waals surface area contributed by atoms with E-state index >= 15 is 0 Å². The van der Waals surface area contributed by atoms with E-state index in [0.29, 0.717) is 0 Å². The Balaban J connectivity index is -0.0000000228. The lowest BCUT2D eigenvalue weighted by Gasteiger charge is -1.69. The summed E-state index contributed by atoms with van der Waals surface area (Å²) in [7, 11) is 0. The van der Waals surface area contributed by atoms with Crippen molar-refractivity contribution in [2.75, 3.05) is 0 Å². The molecule has 0 atom stereocenters. The largest absolute Gasteiger partial charge is 0.103 e. The van der Waals surface area contributed by atoms with Crippen molar-refractivity contribution in [2.24, 2.45) is 0 Å². The fourth-order valence-corrected chi connectivity index (χ4v) is 0.385. The first-order chi connectivity index (χ1) is 12.2. The average Bonchev–Trinajstić information content (AvgIpc) is 2.73. The van der Waals surface area contributed by atoms with Crippen LogP contribution in [0.15, 0.2) is 49.1 Å². The summed E-state index contributed by atoms with van der Waals surface area (Å²) in [4.78, 5) is 0. The van der Waals surface area contributed by atoms with Crippen LogP contribution in [0, 0.1) is 0 Å². The molecule has 0 aliphatic heterocycles. The van der Waals surface area contributed by atoms with Crippen LogP contribution in [0.4, 0.5) is 0 Å². The molecule has 0 bridgehead atoms. The van der Waals surface area contributed by atoms with Gasteiger partial charge in [0.05, 0.1) is 0 Å². The molecule has 1 aromatic carbocycles. The quantitative estimate of drug-likeness (QED) is 0.404. The Kier molecular flexibility index (Phi) is 347. The minimum Gasteiger partial charge on any atom is -0.103 e. The van der Waals surface area contributed by atoms with Crippen LogP contribution < -0.4 is 0 Å². The molecule has 0 fully saturated rings. The van der Waals surface area contributed by atoms with Gasteiger partial charge >= 0.3 is 0 Å². The second-order valence-corrected chi connectivity index (χ2v) is 2.98. The van der Waals surface area contributed by atoms with E-state index in [0.717, 1.165) is 0 Å². The molecule has 0 saturated carbocycles. The number of hydrogen-bond acceptors (Lipinski definition) is 0. The summed E-state index contributed by atoms with van der Waals surface area (Å²) < 4.78 is 0. The van der Waals surface area contributed by atoms with Crippen LogP contribution in [-0.4, -0.2) is 0 Å². The monoisotopic (exact) mass is 358 g/mol. The molecule has 0 aliphatic rings. The molecule has 0 heterocycles. The molecule has 158 valence electrons. The standard InChI is InChI=1S/C6H6.2C3H8.C3H6.5C2H6/c1-2-4-6-5-3-1;3*1-3-2;5*1-2/h1-6H;2*3H2,1-2H3;3H,1H2,2H3;5*1-2H3. The number of allylic oxidation sites excluding steroid dienone is 1. The van der Waals surface area contributed by atoms with E-state index in [1.807, 2.05) is 113 Å². The predicted molar refractivity (Wildman–Crippen MR) is 131 cm³/mol. The second-order valence-electron chi connectivity index (χ2n) is 2.98. The highest BCUT2D eigenvalue weighted by molar-refractivity contribution is 4.99. The first kappa shape index (κ1) is 49.6. The van der Waals surface area contributed by atoms with Gasteiger partial charge in [-0.3, -0.25) is 0 Å². The van der Waals surface area contributed by atoms with Crippen molar-refractivity contribution < 1.29 is 0 Å². The van der Waals surface area contributed by atoms with Crippen molar-refractivity contribution in [1.29, 1.82) is 0 Å². The molecule has 0 nitrogen and oxygen atoms in total. The van der Waals surface area contributed by atoms with Gasteiger partial charge in [0.15, 0.2) is 0 Å². The van der Waals surface area contributed by atoms with Gasteiger partial charge in [0.25, 0.3) is 0 Å². The van der Waals surface area contributed by atoms with Gasteiger partial charge in [-0.05, 0) is 6.92 Å². The fraction of sp³-hybridized carbons (Fsp3) is 0.680. The lowest BCUT2D eigenvalue weighted by Crippen LogP contribution is -1.47. The maximum atomic E-state index is 3.36. The first-order valence-electron chi connectivity index (χ1n) is 10.8. The molecule has 0 aliphatic carbocycles. The van der Waals surface area contributed by atoms with Crippen LogP contribution in [0.5, 0.6) is 0 Å². The topological polar surface area (TPSA) is 0 Å². The van der Waals surface area contributed by atoms with Gasteiger partial charge in [-0.25, -0.2) is 0 Å². The molecule has 0 unspecified atom stereocenters. The van der Waals surface area contributed by atoms with Gasteiger partial charge < -0.3 is 0 Å². The molecule has 0 amide bonds. The van der Waals surface area contributed by atoms with E-state index in [2.05, 4.69) is 34.3 Å². The van der Waals surface area contributed by atoms with Crippen molar-refractivity contribution >= 4 is 0 Å². The average molecular weight is 359 g/mol. The molecule has 0 radical (unpaired) electrons. The molecule has 25 heavy (non-hydrogen) atoms. The third kappa shape index (κ3) is 410. The van der Waals surface area contributed by atoms with E-state index in [4.69, 9.17) is 0 Å². The van der Waals surface area contributed by atoms with Gasteiger partial charge in [-0.1, -0.05) is 152 Å². The van der Waals surface area contributed by atoms with Crippen molar-refractivity contribution in [3.05, 3.63) is 49.1 Å². The maximum absolute atomic E-state index is 3.36. The van der Waals surface area contributed by atoms with Crippen molar-refractivity contribution in [2.45, 2.75) is 117 Å². The second kappa shape index (κ2) is 175. The highest BCUT2D eigenvalue weighted by atomic mass is 13.6. The zero-order chi connectivity index (χ0) is 22.4. The number of benzene rings is 1. The van der Waals surface area contributed by atoms with Crippen LogP contribution in [-0.2, 0) is 0 Å². The predicted octanol–water partition coefficient (Wildman–Crippen LogP) is 10.8. The molecule has 0 saturated heterocycles. The Bertz CT molecular complexity index is 124. The Morgan fingerprint density at radius 2 is 0.520 bits per heavy atom. The van der Waals surface area contributed by atoms with Gasteiger partial charge in [-0.15, -0.1) is 6.58 Å². The molecule has 0 aromatic heterocycles. The normalized spacial score (nSPS) is 5.08. The summed E-state index contributed by atoms with van der Waals surface area (Å²) in [6.07, 6.45) is 4.25. The Hall–Kier alpha value is -1.04. The molecule has 0 heteroatoms. The third-order valence-corrected chi connectivity index (χ3v) is 0.667. The van der Waals surface area contributed by atoms with Crippen molar-refractivity contribution in [3.63, 3.8) is 0 Å². The Morgan fingerprint density at radius 1 is 0.480 bits per heavy atom. The fourth-order valence-electron chi connectivity index (χ4n) is 0.385. The minimum atomic E-state index is 1.25. The minimum absolute atomic E-state index is 1.25. The smallest absolute Gasteiger partial charge is 0.0473 e. The Labute approximate surface area is 166 Å². The summed E-state index contributed by atoms with van der Waals surface area (Å²) >= 11 is 0. The van der Waals surface area contributed by atoms with Crippen LogP contribution in [0.2, 0.25) is 0 Å². The first-order valence-corrected chi connectivity index (χ1v) is 10.8. The van der Waals surface area contributed by atoms with E-state index in [-0.39, 0.29) is 0 Å². The van der Waals surface area contributed by atoms with Gasteiger partial charge in [-0.2, -0.15) is 0 Å². The Morgan fingerprint density at radius 3 is 0.560 bits per heavy atom. The highest BCUT2D eigenvalue weighted by Crippen LogP contribution is 1.79. The molecule has 1 aromatic rings. The molecule has 1 rings (SSSR count). The van der Waals surface area contributed by atoms with Crippen LogP contribution in [0.3, 0.4) is 0 Å². The van der Waals surface area contributed by atoms with Crippen molar-refractivity contribution in [1.82, 2.24) is 0 Å². The van der Waals surface area contributed by atoms with Crippen LogP contribution >= 0.6 is 0 Å². The van der Waals surface area contributed by atoms with Crippen LogP contribution in [0.1, 0.15) is 117 Å². The van der Waals surface area contributed by atoms with Gasteiger partial charge in [0.2, 0.25) is 0 Å². The van der Waals surface area contributed by atoms with Crippen molar-refractivity contribution in [3.8, 4) is 0 Å².